The van der Waals surface area contributed by atoms with Crippen LogP contribution >= 0.6 is 11.6 Å². The molecule has 0 fully saturated rings. The highest BCUT2D eigenvalue weighted by atomic mass is 35.5. The van der Waals surface area contributed by atoms with Gasteiger partial charge in [-0.15, -0.1) is 11.6 Å². The Bertz CT molecular complexity index is 211. The zero-order valence-electron chi connectivity index (χ0n) is 9.80. The summed E-state index contributed by atoms with van der Waals surface area (Å²) in [5.74, 6) is 0. The van der Waals surface area contributed by atoms with Crippen LogP contribution in [0.15, 0.2) is 30.3 Å². The zero-order valence-corrected chi connectivity index (χ0v) is 10.6. The smallest absolute Gasteiger partial charge is 0.0205 e. The normalized spacial score (nSPS) is 9.27. The van der Waals surface area contributed by atoms with Crippen molar-refractivity contribution in [3.8, 4) is 0 Å². The van der Waals surface area contributed by atoms with Crippen LogP contribution in [0.3, 0.4) is 0 Å². The van der Waals surface area contributed by atoms with E-state index in [2.05, 4.69) is 54.2 Å². The van der Waals surface area contributed by atoms with Crippen LogP contribution in [0, 0.1) is 0 Å². The number of hydrogen-bond acceptors (Lipinski definition) is 1. The van der Waals surface area contributed by atoms with Gasteiger partial charge in [0.2, 0.25) is 0 Å². The van der Waals surface area contributed by atoms with Crippen molar-refractivity contribution in [3.05, 3.63) is 35.9 Å². The van der Waals surface area contributed by atoms with E-state index in [-0.39, 0.29) is 0 Å². The molecule has 0 aromatic heterocycles. The minimum absolute atomic E-state index is 1.00. The molecule has 0 amide bonds. The van der Waals surface area contributed by atoms with E-state index >= 15 is 0 Å². The van der Waals surface area contributed by atoms with Crippen molar-refractivity contribution in [2.45, 2.75) is 32.7 Å². The van der Waals surface area contributed by atoms with Gasteiger partial charge in [0.15, 0.2) is 0 Å². The monoisotopic (exact) mass is 227 g/mol. The number of nitrogens with one attached hydrogen (secondary N) is 1. The molecule has 0 saturated heterocycles. The van der Waals surface area contributed by atoms with Crippen LogP contribution in [0.5, 0.6) is 0 Å². The first-order valence-electron chi connectivity index (χ1n) is 5.56. The van der Waals surface area contributed by atoms with Crippen LogP contribution in [0.1, 0.15) is 31.7 Å². The van der Waals surface area contributed by atoms with Gasteiger partial charge in [-0.2, -0.15) is 0 Å². The van der Waals surface area contributed by atoms with Crippen LogP contribution < -0.4 is 5.32 Å². The highest BCUT2D eigenvalue weighted by Gasteiger charge is 1.89. The summed E-state index contributed by atoms with van der Waals surface area (Å²) in [4.78, 5) is 0. The maximum absolute atomic E-state index is 4.64. The molecule has 0 unspecified atom stereocenters. The Labute approximate surface area is 98.8 Å². The summed E-state index contributed by atoms with van der Waals surface area (Å²) < 4.78 is 0. The lowest BCUT2D eigenvalue weighted by Gasteiger charge is -2.03. The Morgan fingerprint density at radius 3 is 2.33 bits per heavy atom. The third-order valence-corrected chi connectivity index (χ3v) is 2.13. The fourth-order valence-electron chi connectivity index (χ4n) is 1.33. The second-order valence-electron chi connectivity index (χ2n) is 3.37. The van der Waals surface area contributed by atoms with Crippen molar-refractivity contribution in [2.75, 3.05) is 12.9 Å². The Balaban J connectivity index is 0.000000921. The van der Waals surface area contributed by atoms with Crippen molar-refractivity contribution in [3.63, 3.8) is 0 Å². The first kappa shape index (κ1) is 14.5. The van der Waals surface area contributed by atoms with Crippen molar-refractivity contribution < 1.29 is 0 Å². The molecule has 1 rings (SSSR count). The molecule has 0 saturated carbocycles. The first-order valence-corrected chi connectivity index (χ1v) is 6.31. The van der Waals surface area contributed by atoms with E-state index in [1.807, 2.05) is 0 Å². The van der Waals surface area contributed by atoms with Crippen LogP contribution in [0.25, 0.3) is 0 Å². The Kier molecular flexibility index (Phi) is 11.1. The molecule has 0 heterocycles. The summed E-state index contributed by atoms with van der Waals surface area (Å²) in [6.07, 6.45) is 5.40. The fraction of sp³-hybridized carbons (Fsp3) is 0.538. The second kappa shape index (κ2) is 11.5. The van der Waals surface area contributed by atoms with Gasteiger partial charge in [-0.1, -0.05) is 50.1 Å². The molecule has 1 aromatic rings. The zero-order chi connectivity index (χ0) is 11.4. The largest absolute Gasteiger partial charge is 0.313 e. The van der Waals surface area contributed by atoms with Gasteiger partial charge < -0.3 is 5.32 Å². The number of rotatable bonds is 6. The maximum Gasteiger partial charge on any atom is 0.0205 e. The summed E-state index contributed by atoms with van der Waals surface area (Å²) >= 11 is 4.64. The van der Waals surface area contributed by atoms with Gasteiger partial charge in [0.1, 0.15) is 0 Å². The number of benzene rings is 1. The quantitative estimate of drug-likeness (QED) is 0.576. The van der Waals surface area contributed by atoms with Gasteiger partial charge in [-0.05, 0) is 18.5 Å². The number of unbranched alkanes of at least 4 members (excludes halogenated alkanes) is 2. The van der Waals surface area contributed by atoms with Crippen LogP contribution in [0.4, 0.5) is 0 Å². The van der Waals surface area contributed by atoms with E-state index in [0.29, 0.717) is 0 Å². The second-order valence-corrected chi connectivity index (χ2v) is 3.37. The third-order valence-electron chi connectivity index (χ3n) is 2.13. The molecule has 1 aromatic carbocycles. The summed E-state index contributed by atoms with van der Waals surface area (Å²) in [5, 5.41) is 3.44. The summed E-state index contributed by atoms with van der Waals surface area (Å²) in [7, 11) is 0. The fourth-order valence-corrected chi connectivity index (χ4v) is 1.33. The predicted octanol–water partition coefficient (Wildman–Crippen LogP) is 3.82. The SMILES string of the molecule is CCCCCNCc1ccccc1.CCl. The average Bonchev–Trinajstić information content (AvgIpc) is 2.33. The van der Waals surface area contributed by atoms with Crippen molar-refractivity contribution in [1.82, 2.24) is 5.32 Å². The van der Waals surface area contributed by atoms with Gasteiger partial charge in [0.05, 0.1) is 0 Å². The van der Waals surface area contributed by atoms with Crippen LogP contribution in [0.2, 0.25) is 0 Å². The van der Waals surface area contributed by atoms with E-state index in [9.17, 15) is 0 Å². The van der Waals surface area contributed by atoms with Crippen molar-refractivity contribution in [2.24, 2.45) is 0 Å². The van der Waals surface area contributed by atoms with Gasteiger partial charge in [-0.25, -0.2) is 0 Å². The average molecular weight is 228 g/mol. The lowest BCUT2D eigenvalue weighted by molar-refractivity contribution is 0.617. The third kappa shape index (κ3) is 8.46. The summed E-state index contributed by atoms with van der Waals surface area (Å²) in [6, 6.07) is 10.5. The molecule has 0 aliphatic carbocycles. The minimum Gasteiger partial charge on any atom is -0.313 e. The maximum atomic E-state index is 4.64. The number of hydrogen-bond donors (Lipinski definition) is 1. The highest BCUT2D eigenvalue weighted by molar-refractivity contribution is 6.15. The molecule has 86 valence electrons. The Morgan fingerprint density at radius 2 is 1.73 bits per heavy atom. The van der Waals surface area contributed by atoms with Gasteiger partial charge in [-0.3, -0.25) is 0 Å². The van der Waals surface area contributed by atoms with Crippen molar-refractivity contribution in [1.29, 1.82) is 0 Å². The van der Waals surface area contributed by atoms with E-state index in [0.717, 1.165) is 13.1 Å². The van der Waals surface area contributed by atoms with E-state index in [1.165, 1.54) is 31.2 Å². The Morgan fingerprint density at radius 1 is 1.07 bits per heavy atom. The minimum atomic E-state index is 1.00. The number of alkyl halides is 1. The molecular weight excluding hydrogens is 206 g/mol. The molecule has 0 bridgehead atoms. The van der Waals surface area contributed by atoms with Gasteiger partial charge in [0.25, 0.3) is 0 Å². The lowest BCUT2D eigenvalue weighted by Crippen LogP contribution is -2.14. The highest BCUT2D eigenvalue weighted by Crippen LogP contribution is 1.97. The molecule has 0 aliphatic rings. The molecule has 1 nitrogen and oxygen atoms in total. The van der Waals surface area contributed by atoms with Crippen LogP contribution in [-0.4, -0.2) is 12.9 Å². The van der Waals surface area contributed by atoms with E-state index < -0.39 is 0 Å². The van der Waals surface area contributed by atoms with Gasteiger partial charge >= 0.3 is 0 Å². The molecule has 0 atom stereocenters. The lowest BCUT2D eigenvalue weighted by atomic mass is 10.2. The molecule has 0 spiro atoms. The predicted molar refractivity (Wildman–Crippen MR) is 69.5 cm³/mol. The molecule has 0 aliphatic heterocycles. The molecule has 15 heavy (non-hydrogen) atoms. The molecular formula is C13H22ClN. The van der Waals surface area contributed by atoms with E-state index in [1.54, 1.807) is 0 Å². The summed E-state index contributed by atoms with van der Waals surface area (Å²) in [6.45, 7) is 4.38. The van der Waals surface area contributed by atoms with Crippen molar-refractivity contribution >= 4 is 11.6 Å². The molecule has 2 heteroatoms. The van der Waals surface area contributed by atoms with Crippen LogP contribution in [-0.2, 0) is 6.54 Å². The number of halogens is 1. The van der Waals surface area contributed by atoms with E-state index in [4.69, 9.17) is 0 Å². The molecule has 0 radical (unpaired) electrons. The molecule has 1 N–H and O–H groups in total. The standard InChI is InChI=1S/C12H19N.CH3Cl/c1-2-3-7-10-13-11-12-8-5-4-6-9-12;1-2/h4-6,8-9,13H,2-3,7,10-11H2,1H3;1H3. The van der Waals surface area contributed by atoms with Gasteiger partial charge in [0, 0.05) is 12.9 Å². The Hall–Kier alpha value is -0.530. The topological polar surface area (TPSA) is 12.0 Å². The first-order chi connectivity index (χ1) is 7.43. The summed E-state index contributed by atoms with van der Waals surface area (Å²) in [5.41, 5.74) is 1.37.